The monoisotopic (exact) mass is 541 g/mol. The minimum absolute atomic E-state index is 0.0513. The van der Waals surface area contributed by atoms with Crippen LogP contribution in [0, 0.1) is 0 Å². The molecule has 0 aromatic heterocycles. The third-order valence-electron chi connectivity index (χ3n) is 6.57. The highest BCUT2D eigenvalue weighted by atomic mass is 32.2. The molecule has 1 amide bonds. The number of para-hydroxylation sites is 1. The zero-order valence-corrected chi connectivity index (χ0v) is 22.5. The van der Waals surface area contributed by atoms with Gasteiger partial charge in [-0.1, -0.05) is 68.4 Å². The Bertz CT molecular complexity index is 1440. The molecular weight excluding hydrogens is 510 g/mol. The van der Waals surface area contributed by atoms with Crippen LogP contribution in [-0.4, -0.2) is 57.0 Å². The third-order valence-corrected chi connectivity index (χ3v) is 10.4. The van der Waals surface area contributed by atoms with E-state index in [9.17, 15) is 21.6 Å². The van der Waals surface area contributed by atoms with E-state index in [2.05, 4.69) is 5.32 Å². The Balaban J connectivity index is 1.73. The van der Waals surface area contributed by atoms with Gasteiger partial charge in [-0.3, -0.25) is 4.79 Å². The van der Waals surface area contributed by atoms with Crippen LogP contribution in [0.1, 0.15) is 25.0 Å². The fourth-order valence-corrected chi connectivity index (χ4v) is 7.59. The molecule has 0 bridgehead atoms. The van der Waals surface area contributed by atoms with E-state index in [1.165, 1.54) is 28.6 Å². The van der Waals surface area contributed by atoms with Crippen LogP contribution in [0.25, 0.3) is 0 Å². The zero-order chi connectivity index (χ0) is 26.6. The molecule has 1 atom stereocenters. The number of aryl methyl sites for hydroxylation is 2. The summed E-state index contributed by atoms with van der Waals surface area (Å²) in [5.41, 5.74) is 2.50. The van der Waals surface area contributed by atoms with Gasteiger partial charge in [-0.2, -0.15) is 8.61 Å². The molecule has 3 aromatic rings. The number of carbonyl (C=O) groups is 1. The number of rotatable bonds is 8. The van der Waals surface area contributed by atoms with Crippen molar-refractivity contribution in [2.75, 3.05) is 25.0 Å². The lowest BCUT2D eigenvalue weighted by Gasteiger charge is -2.39. The highest BCUT2D eigenvalue weighted by Crippen LogP contribution is 2.28. The molecule has 0 radical (unpaired) electrons. The van der Waals surface area contributed by atoms with Gasteiger partial charge in [0.25, 0.3) is 0 Å². The number of anilines is 1. The normalized spacial score (nSPS) is 17.4. The van der Waals surface area contributed by atoms with Gasteiger partial charge in [0, 0.05) is 25.3 Å². The summed E-state index contributed by atoms with van der Waals surface area (Å²) in [6.45, 7) is 3.43. The maximum atomic E-state index is 13.8. The van der Waals surface area contributed by atoms with Gasteiger partial charge in [-0.25, -0.2) is 16.8 Å². The van der Waals surface area contributed by atoms with E-state index in [0.29, 0.717) is 18.5 Å². The Hall–Kier alpha value is -3.05. The largest absolute Gasteiger partial charge is 0.324 e. The summed E-state index contributed by atoms with van der Waals surface area (Å²) < 4.78 is 56.3. The minimum atomic E-state index is -4.06. The minimum Gasteiger partial charge on any atom is -0.324 e. The van der Waals surface area contributed by atoms with Crippen molar-refractivity contribution >= 4 is 31.6 Å². The van der Waals surface area contributed by atoms with E-state index in [1.54, 1.807) is 36.4 Å². The molecular formula is C27H31N3O5S2. The number of hydrogen-bond donors (Lipinski definition) is 1. The van der Waals surface area contributed by atoms with E-state index in [4.69, 9.17) is 0 Å². The van der Waals surface area contributed by atoms with Crippen LogP contribution in [0.5, 0.6) is 0 Å². The molecule has 1 saturated heterocycles. The van der Waals surface area contributed by atoms with Crippen molar-refractivity contribution in [3.05, 3.63) is 90.0 Å². The number of benzene rings is 3. The van der Waals surface area contributed by atoms with Crippen LogP contribution < -0.4 is 5.32 Å². The van der Waals surface area contributed by atoms with Crippen molar-refractivity contribution in [1.82, 2.24) is 8.61 Å². The Labute approximate surface area is 219 Å². The Morgan fingerprint density at radius 1 is 0.757 bits per heavy atom. The first kappa shape index (κ1) is 27.0. The van der Waals surface area contributed by atoms with Gasteiger partial charge in [0.2, 0.25) is 26.0 Å². The maximum absolute atomic E-state index is 13.8. The smallest absolute Gasteiger partial charge is 0.244 e. The molecule has 1 fully saturated rings. The molecule has 0 aliphatic carbocycles. The molecule has 3 aromatic carbocycles. The van der Waals surface area contributed by atoms with Gasteiger partial charge in [0.15, 0.2) is 0 Å². The number of piperazine rings is 1. The highest BCUT2D eigenvalue weighted by molar-refractivity contribution is 7.89. The van der Waals surface area contributed by atoms with E-state index in [1.807, 2.05) is 32.0 Å². The quantitative estimate of drug-likeness (QED) is 0.470. The Kier molecular flexibility index (Phi) is 8.13. The maximum Gasteiger partial charge on any atom is 0.244 e. The average Bonchev–Trinajstić information content (AvgIpc) is 2.93. The average molecular weight is 542 g/mol. The summed E-state index contributed by atoms with van der Waals surface area (Å²) in [6, 6.07) is 20.3. The first-order valence-corrected chi connectivity index (χ1v) is 15.1. The van der Waals surface area contributed by atoms with Crippen LogP contribution in [0.2, 0.25) is 0 Å². The van der Waals surface area contributed by atoms with E-state index in [0.717, 1.165) is 15.4 Å². The van der Waals surface area contributed by atoms with Crippen molar-refractivity contribution in [2.24, 2.45) is 0 Å². The molecule has 8 nitrogen and oxygen atoms in total. The predicted molar refractivity (Wildman–Crippen MR) is 143 cm³/mol. The number of nitrogens with zero attached hydrogens (tertiary/aromatic N) is 2. The lowest BCUT2D eigenvalue weighted by molar-refractivity contribution is -0.120. The second-order valence-electron chi connectivity index (χ2n) is 8.77. The summed E-state index contributed by atoms with van der Waals surface area (Å²) in [7, 11) is -7.99. The van der Waals surface area contributed by atoms with E-state index in [-0.39, 0.29) is 29.4 Å². The molecule has 4 rings (SSSR count). The number of hydrogen-bond acceptors (Lipinski definition) is 5. The zero-order valence-electron chi connectivity index (χ0n) is 20.9. The van der Waals surface area contributed by atoms with E-state index < -0.39 is 32.0 Å². The molecule has 1 heterocycles. The number of carbonyl (C=O) groups excluding carboxylic acids is 1. The van der Waals surface area contributed by atoms with Gasteiger partial charge in [0.05, 0.1) is 9.79 Å². The van der Waals surface area contributed by atoms with Crippen molar-refractivity contribution in [3.63, 3.8) is 0 Å². The first-order valence-electron chi connectivity index (χ1n) is 12.2. The molecule has 0 saturated carbocycles. The third kappa shape index (κ3) is 5.47. The van der Waals surface area contributed by atoms with E-state index >= 15 is 0 Å². The van der Waals surface area contributed by atoms with Crippen LogP contribution in [0.15, 0.2) is 88.7 Å². The molecule has 1 N–H and O–H groups in total. The highest BCUT2D eigenvalue weighted by Gasteiger charge is 2.43. The SMILES string of the molecule is CCc1cccc(CC)c1NC(=O)[C@@H]1CN(S(=O)(=O)c2ccccc2)CCN1S(=O)(=O)c1ccccc1. The number of amides is 1. The van der Waals surface area contributed by atoms with Crippen molar-refractivity contribution in [2.45, 2.75) is 42.5 Å². The Morgan fingerprint density at radius 2 is 1.27 bits per heavy atom. The molecule has 10 heteroatoms. The van der Waals surface area contributed by atoms with Gasteiger partial charge < -0.3 is 5.32 Å². The summed E-state index contributed by atoms with van der Waals surface area (Å²) in [5, 5.41) is 2.95. The lowest BCUT2D eigenvalue weighted by Crippen LogP contribution is -2.60. The van der Waals surface area contributed by atoms with Crippen molar-refractivity contribution < 1.29 is 21.6 Å². The van der Waals surface area contributed by atoms with Crippen LogP contribution in [-0.2, 0) is 37.7 Å². The van der Waals surface area contributed by atoms with Gasteiger partial charge in [-0.05, 0) is 48.2 Å². The van der Waals surface area contributed by atoms with Crippen LogP contribution in [0.3, 0.4) is 0 Å². The van der Waals surface area contributed by atoms with Crippen LogP contribution >= 0.6 is 0 Å². The molecule has 37 heavy (non-hydrogen) atoms. The van der Waals surface area contributed by atoms with Crippen molar-refractivity contribution in [3.8, 4) is 0 Å². The Morgan fingerprint density at radius 3 is 1.78 bits per heavy atom. The molecule has 1 aliphatic heterocycles. The van der Waals surface area contributed by atoms with Gasteiger partial charge in [0.1, 0.15) is 6.04 Å². The summed E-state index contributed by atoms with van der Waals surface area (Å²) >= 11 is 0. The van der Waals surface area contributed by atoms with Crippen molar-refractivity contribution in [1.29, 1.82) is 0 Å². The second-order valence-corrected chi connectivity index (χ2v) is 12.6. The molecule has 1 aliphatic rings. The second kappa shape index (κ2) is 11.1. The number of sulfonamides is 2. The summed E-state index contributed by atoms with van der Waals surface area (Å²) in [5.74, 6) is -0.567. The van der Waals surface area contributed by atoms with Gasteiger partial charge in [-0.15, -0.1) is 0 Å². The fraction of sp³-hybridized carbons (Fsp3) is 0.296. The lowest BCUT2D eigenvalue weighted by atomic mass is 10.0. The fourth-order valence-electron chi connectivity index (χ4n) is 4.54. The molecule has 0 unspecified atom stereocenters. The summed E-state index contributed by atoms with van der Waals surface area (Å²) in [4.78, 5) is 13.9. The molecule has 0 spiro atoms. The van der Waals surface area contributed by atoms with Crippen LogP contribution in [0.4, 0.5) is 5.69 Å². The predicted octanol–water partition coefficient (Wildman–Crippen LogP) is 3.51. The standard InChI is InChI=1S/C27H31N3O5S2/c1-3-21-12-11-13-22(4-2)26(21)28-27(31)25-20-29(36(32,33)23-14-7-5-8-15-23)18-19-30(25)37(34,35)24-16-9-6-10-17-24/h5-17,25H,3-4,18-20H2,1-2H3,(H,28,31)/t25-/m0/s1. The topological polar surface area (TPSA) is 104 Å². The van der Waals surface area contributed by atoms with Gasteiger partial charge >= 0.3 is 0 Å². The first-order chi connectivity index (χ1) is 17.7. The molecule has 196 valence electrons. The number of nitrogens with one attached hydrogen (secondary N) is 1. The summed E-state index contributed by atoms with van der Waals surface area (Å²) in [6.07, 6.45) is 1.35.